The highest BCUT2D eigenvalue weighted by Gasteiger charge is 2.14. The maximum absolute atomic E-state index is 13.5. The topological polar surface area (TPSA) is 47.3 Å². The van der Waals surface area contributed by atoms with Gasteiger partial charge in [-0.3, -0.25) is 0 Å². The Morgan fingerprint density at radius 1 is 0.952 bits per heavy atom. The summed E-state index contributed by atoms with van der Waals surface area (Å²) in [6.45, 7) is -3.22. The van der Waals surface area contributed by atoms with Crippen molar-refractivity contribution in [1.82, 2.24) is 0 Å². The van der Waals surface area contributed by atoms with E-state index in [4.69, 9.17) is 5.73 Å². The van der Waals surface area contributed by atoms with Gasteiger partial charge in [-0.15, -0.1) is 0 Å². The second kappa shape index (κ2) is 5.86. The number of ether oxygens (including phenoxy) is 1. The van der Waals surface area contributed by atoms with Gasteiger partial charge < -0.3 is 15.8 Å². The molecule has 0 amide bonds. The Kier molecular flexibility index (Phi) is 4.15. The van der Waals surface area contributed by atoms with Gasteiger partial charge in [-0.2, -0.15) is 8.78 Å². The lowest BCUT2D eigenvalue weighted by molar-refractivity contribution is -0.0521. The summed E-state index contributed by atoms with van der Waals surface area (Å²) >= 11 is 0. The van der Waals surface area contributed by atoms with Crippen molar-refractivity contribution >= 4 is 17.1 Å². The third-order valence-corrected chi connectivity index (χ3v) is 2.52. The monoisotopic (exact) mass is 304 g/mol. The quantitative estimate of drug-likeness (QED) is 0.662. The number of benzene rings is 2. The van der Waals surface area contributed by atoms with Crippen LogP contribution in [-0.2, 0) is 0 Å². The summed E-state index contributed by atoms with van der Waals surface area (Å²) in [5, 5.41) is 2.45. The molecule has 8 heteroatoms. The van der Waals surface area contributed by atoms with Crippen LogP contribution in [0.25, 0.3) is 0 Å². The van der Waals surface area contributed by atoms with Crippen molar-refractivity contribution < 1.29 is 26.7 Å². The van der Waals surface area contributed by atoms with Crippen LogP contribution in [0.3, 0.4) is 0 Å². The molecule has 0 heterocycles. The summed E-state index contributed by atoms with van der Waals surface area (Å²) in [5.74, 6) is -3.54. The number of nitrogen functional groups attached to an aromatic ring is 1. The Morgan fingerprint density at radius 3 is 2.29 bits per heavy atom. The fourth-order valence-corrected chi connectivity index (χ4v) is 1.60. The third kappa shape index (κ3) is 3.53. The molecule has 2 aromatic rings. The standard InChI is InChI=1S/C13H9F5N2O/c14-6-1-2-10(7(15)3-6)20-11-5-12(21-13(17)18)8(16)4-9(11)19/h1-5,13,20H,19H2. The molecule has 3 nitrogen and oxygen atoms in total. The maximum atomic E-state index is 13.5. The van der Waals surface area contributed by atoms with Gasteiger partial charge in [0.05, 0.1) is 17.1 Å². The number of alkyl halides is 2. The average Bonchev–Trinajstić information content (AvgIpc) is 2.37. The van der Waals surface area contributed by atoms with E-state index >= 15 is 0 Å². The van der Waals surface area contributed by atoms with E-state index in [2.05, 4.69) is 10.1 Å². The molecule has 0 saturated heterocycles. The molecule has 0 aromatic heterocycles. The van der Waals surface area contributed by atoms with E-state index in [0.717, 1.165) is 24.3 Å². The molecule has 112 valence electrons. The van der Waals surface area contributed by atoms with Crippen molar-refractivity contribution in [3.05, 3.63) is 47.8 Å². The number of hydrogen-bond donors (Lipinski definition) is 2. The molecule has 0 atom stereocenters. The molecule has 2 aromatic carbocycles. The first kappa shape index (κ1) is 14.9. The Bertz CT molecular complexity index is 663. The zero-order valence-electron chi connectivity index (χ0n) is 10.3. The van der Waals surface area contributed by atoms with Gasteiger partial charge in [0.1, 0.15) is 11.6 Å². The van der Waals surface area contributed by atoms with Crippen LogP contribution in [0.4, 0.5) is 39.0 Å². The van der Waals surface area contributed by atoms with Crippen LogP contribution in [0.5, 0.6) is 5.75 Å². The minimum Gasteiger partial charge on any atom is -0.432 e. The first-order chi connectivity index (χ1) is 9.86. The number of nitrogens with two attached hydrogens (primary N) is 1. The van der Waals surface area contributed by atoms with Crippen molar-refractivity contribution in [1.29, 1.82) is 0 Å². The molecule has 0 saturated carbocycles. The van der Waals surface area contributed by atoms with E-state index in [1.54, 1.807) is 0 Å². The zero-order valence-corrected chi connectivity index (χ0v) is 10.3. The van der Waals surface area contributed by atoms with Gasteiger partial charge in [0.2, 0.25) is 0 Å². The van der Waals surface area contributed by atoms with E-state index in [1.807, 2.05) is 0 Å². The second-order valence-electron chi connectivity index (χ2n) is 4.00. The van der Waals surface area contributed by atoms with Crippen LogP contribution >= 0.6 is 0 Å². The van der Waals surface area contributed by atoms with Crippen LogP contribution in [0.1, 0.15) is 0 Å². The maximum Gasteiger partial charge on any atom is 0.387 e. The zero-order chi connectivity index (χ0) is 15.6. The summed E-state index contributed by atoms with van der Waals surface area (Å²) in [6.07, 6.45) is 0. The smallest absolute Gasteiger partial charge is 0.387 e. The van der Waals surface area contributed by atoms with Crippen molar-refractivity contribution in [3.63, 3.8) is 0 Å². The predicted octanol–water partition coefficient (Wildman–Crippen LogP) is 4.03. The fourth-order valence-electron chi connectivity index (χ4n) is 1.60. The van der Waals surface area contributed by atoms with Gasteiger partial charge in [-0.05, 0) is 12.1 Å². The number of hydrogen-bond acceptors (Lipinski definition) is 3. The minimum absolute atomic E-state index is 0.0578. The molecule has 0 aliphatic heterocycles. The van der Waals surface area contributed by atoms with Gasteiger partial charge in [0, 0.05) is 18.2 Å². The van der Waals surface area contributed by atoms with Gasteiger partial charge in [0.25, 0.3) is 0 Å². The molecule has 2 rings (SSSR count). The van der Waals surface area contributed by atoms with E-state index in [9.17, 15) is 22.0 Å². The first-order valence-corrected chi connectivity index (χ1v) is 5.62. The molecule has 0 fully saturated rings. The molecule has 0 aliphatic carbocycles. The summed E-state index contributed by atoms with van der Waals surface area (Å²) in [6, 6.07) is 4.31. The Balaban J connectivity index is 2.34. The van der Waals surface area contributed by atoms with Gasteiger partial charge in [-0.1, -0.05) is 0 Å². The van der Waals surface area contributed by atoms with Crippen molar-refractivity contribution in [2.45, 2.75) is 6.61 Å². The Labute approximate surface area is 116 Å². The number of nitrogens with one attached hydrogen (secondary N) is 1. The normalized spacial score (nSPS) is 10.8. The van der Waals surface area contributed by atoms with Crippen LogP contribution in [0.2, 0.25) is 0 Å². The first-order valence-electron chi connectivity index (χ1n) is 5.62. The van der Waals surface area contributed by atoms with Crippen molar-refractivity contribution in [3.8, 4) is 5.75 Å². The predicted molar refractivity (Wildman–Crippen MR) is 67.1 cm³/mol. The molecule has 0 spiro atoms. The van der Waals surface area contributed by atoms with E-state index < -0.39 is 29.8 Å². The highest BCUT2D eigenvalue weighted by molar-refractivity contribution is 5.74. The third-order valence-electron chi connectivity index (χ3n) is 2.52. The van der Waals surface area contributed by atoms with Gasteiger partial charge >= 0.3 is 6.61 Å². The SMILES string of the molecule is Nc1cc(F)c(OC(F)F)cc1Nc1ccc(F)cc1F. The lowest BCUT2D eigenvalue weighted by atomic mass is 10.2. The lowest BCUT2D eigenvalue weighted by Gasteiger charge is -2.13. The lowest BCUT2D eigenvalue weighted by Crippen LogP contribution is -2.06. The summed E-state index contributed by atoms with van der Waals surface area (Å²) in [5.41, 5.74) is 5.14. The Hall–Kier alpha value is -2.51. The molecule has 3 N–H and O–H groups in total. The average molecular weight is 304 g/mol. The molecule has 0 bridgehead atoms. The fraction of sp³-hybridized carbons (Fsp3) is 0.0769. The minimum atomic E-state index is -3.22. The van der Waals surface area contributed by atoms with Crippen molar-refractivity contribution in [2.75, 3.05) is 11.1 Å². The molecule has 21 heavy (non-hydrogen) atoms. The van der Waals surface area contributed by atoms with Crippen molar-refractivity contribution in [2.24, 2.45) is 0 Å². The molecule has 0 radical (unpaired) electrons. The number of rotatable bonds is 4. The highest BCUT2D eigenvalue weighted by Crippen LogP contribution is 2.32. The molecule has 0 aliphatic rings. The summed E-state index contributed by atoms with van der Waals surface area (Å²) in [7, 11) is 0. The van der Waals surface area contributed by atoms with E-state index in [0.29, 0.717) is 6.07 Å². The molecular weight excluding hydrogens is 295 g/mol. The van der Waals surface area contributed by atoms with E-state index in [1.165, 1.54) is 0 Å². The van der Waals surface area contributed by atoms with Crippen LogP contribution in [0.15, 0.2) is 30.3 Å². The van der Waals surface area contributed by atoms with Crippen LogP contribution < -0.4 is 15.8 Å². The number of anilines is 3. The highest BCUT2D eigenvalue weighted by atomic mass is 19.3. The van der Waals surface area contributed by atoms with Gasteiger partial charge in [-0.25, -0.2) is 13.2 Å². The van der Waals surface area contributed by atoms with Gasteiger partial charge in [0.15, 0.2) is 11.6 Å². The summed E-state index contributed by atoms with van der Waals surface area (Å²) in [4.78, 5) is 0. The largest absolute Gasteiger partial charge is 0.432 e. The van der Waals surface area contributed by atoms with Crippen LogP contribution in [-0.4, -0.2) is 6.61 Å². The summed E-state index contributed by atoms with van der Waals surface area (Å²) < 4.78 is 67.9. The molecular formula is C13H9F5N2O. The van der Waals surface area contributed by atoms with Crippen LogP contribution in [0, 0.1) is 17.5 Å². The Morgan fingerprint density at radius 2 is 1.67 bits per heavy atom. The van der Waals surface area contributed by atoms with E-state index in [-0.39, 0.29) is 17.1 Å². The molecule has 0 unspecified atom stereocenters. The number of halogens is 5. The second-order valence-corrected chi connectivity index (χ2v) is 4.00.